The van der Waals surface area contributed by atoms with Crippen LogP contribution >= 0.6 is 0 Å². The topological polar surface area (TPSA) is 96.4 Å². The van der Waals surface area contributed by atoms with Crippen molar-refractivity contribution in [3.63, 3.8) is 0 Å². The maximum atomic E-state index is 14.1. The van der Waals surface area contributed by atoms with Gasteiger partial charge in [-0.05, 0) is 37.3 Å². The first-order valence-electron chi connectivity index (χ1n) is 13.6. The number of carbonyl (C=O) groups is 3. The fourth-order valence-electron chi connectivity index (χ4n) is 5.31. The Morgan fingerprint density at radius 1 is 1.05 bits per heavy atom. The third kappa shape index (κ3) is 7.38. The fourth-order valence-corrected chi connectivity index (χ4v) is 5.31. The molecule has 11 heteroatoms. The van der Waals surface area contributed by atoms with Gasteiger partial charge in [-0.3, -0.25) is 14.4 Å². The van der Waals surface area contributed by atoms with Crippen LogP contribution in [0.2, 0.25) is 0 Å². The van der Waals surface area contributed by atoms with Crippen LogP contribution in [-0.2, 0) is 19.1 Å². The van der Waals surface area contributed by atoms with Crippen LogP contribution in [0.5, 0.6) is 5.75 Å². The lowest BCUT2D eigenvalue weighted by molar-refractivity contribution is -0.275. The van der Waals surface area contributed by atoms with Gasteiger partial charge in [-0.15, -0.1) is 13.2 Å². The normalized spacial score (nSPS) is 20.4. The Morgan fingerprint density at radius 2 is 1.71 bits per heavy atom. The number of piperidine rings is 1. The molecule has 0 aliphatic carbocycles. The number of hydrogen-bond donors (Lipinski definition) is 1. The highest BCUT2D eigenvalue weighted by Crippen LogP contribution is 2.43. The minimum absolute atomic E-state index is 0.0711. The highest BCUT2D eigenvalue weighted by Gasteiger charge is 2.42. The van der Waals surface area contributed by atoms with Gasteiger partial charge in [0.1, 0.15) is 18.0 Å². The third-order valence-electron chi connectivity index (χ3n) is 7.21. The van der Waals surface area contributed by atoms with Crippen molar-refractivity contribution in [1.29, 1.82) is 0 Å². The standard InChI is InChI=1S/C30H35F3N2O6/c1-18-9-10-22-21(15-18)26(20-7-5-6-8-23(20)41-30(31,32)33)40-24(27(37)35(22)17-29(2,3)4)16-25(36)34-13-11-19(12-14-34)28(38)39/h5-10,15,19,24,26H,11-14,16-17H2,1-4H3,(H,38,39)/t24-,26-/m0/s1. The van der Waals surface area contributed by atoms with Crippen molar-refractivity contribution >= 4 is 23.5 Å². The van der Waals surface area contributed by atoms with E-state index in [2.05, 4.69) is 4.74 Å². The van der Waals surface area contributed by atoms with Gasteiger partial charge < -0.3 is 24.4 Å². The van der Waals surface area contributed by atoms with Crippen LogP contribution in [0.3, 0.4) is 0 Å². The summed E-state index contributed by atoms with van der Waals surface area (Å²) in [4.78, 5) is 41.8. The zero-order valence-corrected chi connectivity index (χ0v) is 23.5. The van der Waals surface area contributed by atoms with E-state index < -0.39 is 42.1 Å². The zero-order chi connectivity index (χ0) is 30.1. The van der Waals surface area contributed by atoms with E-state index in [-0.39, 0.29) is 42.9 Å². The summed E-state index contributed by atoms with van der Waals surface area (Å²) in [5.74, 6) is -2.77. The van der Waals surface area contributed by atoms with Crippen LogP contribution in [0.15, 0.2) is 42.5 Å². The van der Waals surface area contributed by atoms with E-state index in [0.29, 0.717) is 24.1 Å². The second kappa shape index (κ2) is 11.7. The largest absolute Gasteiger partial charge is 0.573 e. The summed E-state index contributed by atoms with van der Waals surface area (Å²) >= 11 is 0. The summed E-state index contributed by atoms with van der Waals surface area (Å²) < 4.78 is 50.8. The van der Waals surface area contributed by atoms with Gasteiger partial charge in [-0.1, -0.05) is 56.7 Å². The monoisotopic (exact) mass is 576 g/mol. The molecular formula is C30H35F3N2O6. The number of halogens is 3. The Labute approximate surface area is 237 Å². The van der Waals surface area contributed by atoms with Crippen LogP contribution in [0.25, 0.3) is 0 Å². The number of likely N-dealkylation sites (tertiary alicyclic amines) is 1. The number of benzene rings is 2. The molecule has 0 radical (unpaired) electrons. The number of aliphatic carboxylic acids is 1. The molecule has 0 unspecified atom stereocenters. The molecule has 4 rings (SSSR count). The Balaban J connectivity index is 1.76. The molecule has 1 N–H and O–H groups in total. The molecule has 0 spiro atoms. The van der Waals surface area contributed by atoms with E-state index in [4.69, 9.17) is 4.74 Å². The van der Waals surface area contributed by atoms with Crippen LogP contribution in [-0.4, -0.2) is 59.9 Å². The van der Waals surface area contributed by atoms with Crippen LogP contribution in [0.4, 0.5) is 18.9 Å². The fraction of sp³-hybridized carbons (Fsp3) is 0.500. The van der Waals surface area contributed by atoms with Crippen molar-refractivity contribution in [2.24, 2.45) is 11.3 Å². The van der Waals surface area contributed by atoms with Gasteiger partial charge in [-0.2, -0.15) is 0 Å². The quantitative estimate of drug-likeness (QED) is 0.490. The number of fused-ring (bicyclic) bond motifs is 1. The molecule has 2 atom stereocenters. The number of rotatable bonds is 6. The van der Waals surface area contributed by atoms with Gasteiger partial charge in [-0.25, -0.2) is 0 Å². The first-order chi connectivity index (χ1) is 19.1. The van der Waals surface area contributed by atoms with Crippen molar-refractivity contribution in [3.05, 3.63) is 59.2 Å². The summed E-state index contributed by atoms with van der Waals surface area (Å²) in [6.45, 7) is 8.43. The summed E-state index contributed by atoms with van der Waals surface area (Å²) in [7, 11) is 0. The molecule has 2 aromatic rings. The van der Waals surface area contributed by atoms with Crippen LogP contribution in [0, 0.1) is 18.3 Å². The van der Waals surface area contributed by atoms with E-state index in [1.54, 1.807) is 23.1 Å². The number of alkyl halides is 3. The molecule has 8 nitrogen and oxygen atoms in total. The molecule has 0 saturated carbocycles. The number of nitrogens with zero attached hydrogens (tertiary/aromatic N) is 2. The molecule has 41 heavy (non-hydrogen) atoms. The smallest absolute Gasteiger partial charge is 0.481 e. The zero-order valence-electron chi connectivity index (χ0n) is 23.5. The Hall–Kier alpha value is -3.60. The lowest BCUT2D eigenvalue weighted by Gasteiger charge is -2.33. The lowest BCUT2D eigenvalue weighted by atomic mass is 9.93. The van der Waals surface area contributed by atoms with Crippen LogP contribution in [0.1, 0.15) is 62.8 Å². The van der Waals surface area contributed by atoms with E-state index in [9.17, 15) is 32.7 Å². The minimum Gasteiger partial charge on any atom is -0.481 e. The van der Waals surface area contributed by atoms with Gasteiger partial charge >= 0.3 is 12.3 Å². The molecule has 2 amide bonds. The molecule has 0 aromatic heterocycles. The highest BCUT2D eigenvalue weighted by molar-refractivity contribution is 6.00. The summed E-state index contributed by atoms with van der Waals surface area (Å²) in [5.41, 5.74) is 1.49. The number of amides is 2. The first kappa shape index (κ1) is 30.4. The highest BCUT2D eigenvalue weighted by atomic mass is 19.4. The van der Waals surface area contributed by atoms with Crippen molar-refractivity contribution in [2.75, 3.05) is 24.5 Å². The number of aryl methyl sites for hydroxylation is 1. The van der Waals surface area contributed by atoms with Crippen molar-refractivity contribution in [1.82, 2.24) is 4.90 Å². The molecule has 1 saturated heterocycles. The molecule has 2 aliphatic heterocycles. The molecular weight excluding hydrogens is 541 g/mol. The molecule has 222 valence electrons. The van der Waals surface area contributed by atoms with Crippen molar-refractivity contribution in [2.45, 2.75) is 65.5 Å². The number of para-hydroxylation sites is 1. The SMILES string of the molecule is Cc1ccc2c(c1)[C@H](c1ccccc1OC(F)(F)F)O[C@@H](CC(=O)N1CCC(C(=O)O)CC1)C(=O)N2CC(C)(C)C. The van der Waals surface area contributed by atoms with Crippen molar-refractivity contribution in [3.8, 4) is 5.75 Å². The molecule has 1 fully saturated rings. The molecule has 0 bridgehead atoms. The van der Waals surface area contributed by atoms with Gasteiger partial charge in [0.15, 0.2) is 0 Å². The predicted molar refractivity (Wildman–Crippen MR) is 144 cm³/mol. The summed E-state index contributed by atoms with van der Waals surface area (Å²) in [6, 6.07) is 11.0. The second-order valence-corrected chi connectivity index (χ2v) is 11.8. The van der Waals surface area contributed by atoms with Crippen molar-refractivity contribution < 1.29 is 42.1 Å². The van der Waals surface area contributed by atoms with Gasteiger partial charge in [0, 0.05) is 36.4 Å². The molecule has 2 aliphatic rings. The second-order valence-electron chi connectivity index (χ2n) is 11.8. The maximum Gasteiger partial charge on any atom is 0.573 e. The molecule has 2 aromatic carbocycles. The number of carboxylic acids is 1. The number of anilines is 1. The van der Waals surface area contributed by atoms with E-state index in [1.165, 1.54) is 23.1 Å². The van der Waals surface area contributed by atoms with Crippen LogP contribution < -0.4 is 9.64 Å². The average molecular weight is 577 g/mol. The maximum absolute atomic E-state index is 14.1. The van der Waals surface area contributed by atoms with Gasteiger partial charge in [0.2, 0.25) is 5.91 Å². The summed E-state index contributed by atoms with van der Waals surface area (Å²) in [5, 5.41) is 9.29. The van der Waals surface area contributed by atoms with E-state index >= 15 is 0 Å². The number of carboxylic acid groups (broad SMARTS) is 1. The number of ether oxygens (including phenoxy) is 2. The van der Waals surface area contributed by atoms with E-state index in [0.717, 1.165) is 5.56 Å². The number of carbonyl (C=O) groups excluding carboxylic acids is 2. The number of hydrogen-bond acceptors (Lipinski definition) is 5. The third-order valence-corrected chi connectivity index (χ3v) is 7.21. The first-order valence-corrected chi connectivity index (χ1v) is 13.6. The Bertz CT molecular complexity index is 1300. The van der Waals surface area contributed by atoms with Gasteiger partial charge in [0.05, 0.1) is 12.3 Å². The Kier molecular flexibility index (Phi) is 8.67. The minimum atomic E-state index is -4.96. The lowest BCUT2D eigenvalue weighted by Crippen LogP contribution is -2.47. The summed E-state index contributed by atoms with van der Waals surface area (Å²) in [6.07, 6.45) is -7.16. The average Bonchev–Trinajstić information content (AvgIpc) is 2.97. The van der Waals surface area contributed by atoms with E-state index in [1.807, 2.05) is 33.8 Å². The Morgan fingerprint density at radius 3 is 2.32 bits per heavy atom. The molecule has 2 heterocycles. The predicted octanol–water partition coefficient (Wildman–Crippen LogP) is 5.47. The van der Waals surface area contributed by atoms with Gasteiger partial charge in [0.25, 0.3) is 5.91 Å².